The van der Waals surface area contributed by atoms with Crippen molar-refractivity contribution in [2.45, 2.75) is 26.2 Å². The topological polar surface area (TPSA) is 77.2 Å². The normalized spacial score (nSPS) is 19.1. The third-order valence-electron chi connectivity index (χ3n) is 6.83. The highest BCUT2D eigenvalue weighted by atomic mass is 32.2. The lowest BCUT2D eigenvalue weighted by atomic mass is 9.73. The highest BCUT2D eigenvalue weighted by molar-refractivity contribution is 8.17. The number of rotatable bonds is 4. The number of hydrogen-bond acceptors (Lipinski definition) is 5. The van der Waals surface area contributed by atoms with Crippen molar-refractivity contribution in [1.29, 1.82) is 0 Å². The van der Waals surface area contributed by atoms with E-state index < -0.39 is 0 Å². The maximum atomic E-state index is 13.7. The molecule has 5 rings (SSSR count). The minimum atomic E-state index is -0.197. The summed E-state index contributed by atoms with van der Waals surface area (Å²) in [4.78, 5) is 20.4. The number of ether oxygens (including phenoxy) is 2. The Balaban J connectivity index is 1.75. The van der Waals surface area contributed by atoms with Crippen LogP contribution in [-0.4, -0.2) is 36.7 Å². The fourth-order valence-corrected chi connectivity index (χ4v) is 6.28. The minimum Gasteiger partial charge on any atom is -0.497 e. The summed E-state index contributed by atoms with van der Waals surface area (Å²) in [5.74, 6) is 1.61. The smallest absolute Gasteiger partial charge is 0.225 e. The van der Waals surface area contributed by atoms with Crippen molar-refractivity contribution >= 4 is 28.5 Å². The SMILES string of the molecule is COc1ccc(C2C3=C(SC(=O)c4ccccc42)N(C(N)=Nc2ccccc2)CC(C)(C)C3)c(OC)c1. The van der Waals surface area contributed by atoms with Crippen molar-refractivity contribution in [2.24, 2.45) is 16.1 Å². The van der Waals surface area contributed by atoms with E-state index in [4.69, 9.17) is 20.2 Å². The monoisotopic (exact) mass is 513 g/mol. The zero-order valence-electron chi connectivity index (χ0n) is 21.5. The molecule has 2 N–H and O–H groups in total. The Bertz CT molecular complexity index is 1400. The largest absolute Gasteiger partial charge is 0.497 e. The molecule has 1 atom stereocenters. The summed E-state index contributed by atoms with van der Waals surface area (Å²) >= 11 is 1.24. The lowest BCUT2D eigenvalue weighted by Gasteiger charge is -2.42. The van der Waals surface area contributed by atoms with Crippen LogP contribution in [0.25, 0.3) is 0 Å². The van der Waals surface area contributed by atoms with Gasteiger partial charge in [-0.2, -0.15) is 0 Å². The fraction of sp³-hybridized carbons (Fsp3) is 0.267. The molecule has 3 aromatic rings. The Hall–Kier alpha value is -3.71. The van der Waals surface area contributed by atoms with Gasteiger partial charge < -0.3 is 20.1 Å². The summed E-state index contributed by atoms with van der Waals surface area (Å²) in [5.41, 5.74) is 11.1. The maximum Gasteiger partial charge on any atom is 0.225 e. The first-order chi connectivity index (χ1) is 17.8. The number of thioether (sulfide) groups is 1. The van der Waals surface area contributed by atoms with Crippen LogP contribution in [0.2, 0.25) is 0 Å². The number of nitrogens with zero attached hydrogens (tertiary/aromatic N) is 2. The number of hydrogen-bond donors (Lipinski definition) is 1. The second-order valence-electron chi connectivity index (χ2n) is 10.1. The second-order valence-corrected chi connectivity index (χ2v) is 11.0. The van der Waals surface area contributed by atoms with Crippen molar-refractivity contribution in [1.82, 2.24) is 4.90 Å². The Morgan fingerprint density at radius 3 is 2.46 bits per heavy atom. The number of aliphatic imine (C=N–C) groups is 1. The zero-order valence-corrected chi connectivity index (χ0v) is 22.3. The van der Waals surface area contributed by atoms with Crippen molar-refractivity contribution in [3.63, 3.8) is 0 Å². The average molecular weight is 514 g/mol. The van der Waals surface area contributed by atoms with Crippen molar-refractivity contribution in [3.05, 3.63) is 100 Å². The van der Waals surface area contributed by atoms with Crippen LogP contribution >= 0.6 is 11.8 Å². The van der Waals surface area contributed by atoms with E-state index in [9.17, 15) is 4.79 Å². The van der Waals surface area contributed by atoms with Crippen molar-refractivity contribution < 1.29 is 14.3 Å². The summed E-state index contributed by atoms with van der Waals surface area (Å²) in [6.07, 6.45) is 0.798. The molecule has 1 unspecified atom stereocenters. The first-order valence-electron chi connectivity index (χ1n) is 12.2. The molecule has 2 heterocycles. The van der Waals surface area contributed by atoms with E-state index in [0.29, 0.717) is 29.6 Å². The standard InChI is InChI=1S/C30H31N3O3S/c1-30(2)17-24-26(23-15-14-20(35-3)16-25(23)36-4)21-12-8-9-13-22(21)28(34)37-27(24)33(18-30)29(31)32-19-10-6-5-7-11-19/h5-16,26H,17-18H2,1-4H3,(H2,31,32). The van der Waals surface area contributed by atoms with Crippen LogP contribution in [0.1, 0.15) is 47.7 Å². The molecule has 0 radical (unpaired) electrons. The van der Waals surface area contributed by atoms with Gasteiger partial charge in [-0.3, -0.25) is 4.79 Å². The van der Waals surface area contributed by atoms with Gasteiger partial charge in [0.1, 0.15) is 11.5 Å². The van der Waals surface area contributed by atoms with Crippen LogP contribution in [0, 0.1) is 5.41 Å². The maximum absolute atomic E-state index is 13.7. The Morgan fingerprint density at radius 2 is 1.73 bits per heavy atom. The van der Waals surface area contributed by atoms with E-state index in [1.807, 2.05) is 77.7 Å². The number of nitrogens with two attached hydrogens (primary N) is 1. The quantitative estimate of drug-likeness (QED) is 0.325. The number of carbonyl (C=O) groups excluding carboxylic acids is 1. The van der Waals surface area contributed by atoms with Gasteiger partial charge in [-0.25, -0.2) is 4.99 Å². The van der Waals surface area contributed by atoms with Gasteiger partial charge in [-0.15, -0.1) is 0 Å². The number of allylic oxidation sites excluding steroid dienone is 1. The molecule has 37 heavy (non-hydrogen) atoms. The van der Waals surface area contributed by atoms with E-state index in [2.05, 4.69) is 13.8 Å². The Labute approximate surface area is 222 Å². The lowest BCUT2D eigenvalue weighted by Crippen LogP contribution is -2.45. The molecule has 0 fully saturated rings. The zero-order chi connectivity index (χ0) is 26.2. The van der Waals surface area contributed by atoms with Gasteiger partial charge in [-0.1, -0.05) is 62.4 Å². The molecule has 3 aromatic carbocycles. The fourth-order valence-electron chi connectivity index (χ4n) is 5.22. The molecule has 2 aliphatic rings. The third kappa shape index (κ3) is 4.83. The molecule has 0 aliphatic carbocycles. The van der Waals surface area contributed by atoms with Gasteiger partial charge in [-0.05, 0) is 52.9 Å². The minimum absolute atomic E-state index is 0.00436. The van der Waals surface area contributed by atoms with Crippen LogP contribution in [-0.2, 0) is 0 Å². The van der Waals surface area contributed by atoms with Gasteiger partial charge in [0.2, 0.25) is 11.1 Å². The van der Waals surface area contributed by atoms with E-state index in [0.717, 1.165) is 33.8 Å². The Morgan fingerprint density at radius 1 is 1.00 bits per heavy atom. The van der Waals surface area contributed by atoms with Gasteiger partial charge in [0.25, 0.3) is 0 Å². The summed E-state index contributed by atoms with van der Waals surface area (Å²) in [5, 5.41) is 0.843. The summed E-state index contributed by atoms with van der Waals surface area (Å²) in [6, 6.07) is 23.4. The van der Waals surface area contributed by atoms with Gasteiger partial charge >= 0.3 is 0 Å². The average Bonchev–Trinajstić information content (AvgIpc) is 3.02. The molecule has 0 bridgehead atoms. The number of carbonyl (C=O) groups is 1. The van der Waals surface area contributed by atoms with Gasteiger partial charge in [0, 0.05) is 29.7 Å². The predicted molar refractivity (Wildman–Crippen MR) is 150 cm³/mol. The molecule has 0 saturated heterocycles. The molecule has 6 nitrogen and oxygen atoms in total. The van der Waals surface area contributed by atoms with Crippen molar-refractivity contribution in [2.75, 3.05) is 20.8 Å². The molecule has 2 aliphatic heterocycles. The van der Waals surface area contributed by atoms with Crippen LogP contribution in [0.3, 0.4) is 0 Å². The molecule has 0 spiro atoms. The Kier molecular flexibility index (Phi) is 6.73. The lowest BCUT2D eigenvalue weighted by molar-refractivity contribution is 0.108. The third-order valence-corrected chi connectivity index (χ3v) is 7.91. The predicted octanol–water partition coefficient (Wildman–Crippen LogP) is 6.31. The molecule has 0 aromatic heterocycles. The molecular weight excluding hydrogens is 482 g/mol. The number of para-hydroxylation sites is 1. The molecule has 7 heteroatoms. The van der Waals surface area contributed by atoms with Crippen LogP contribution < -0.4 is 15.2 Å². The number of benzene rings is 3. The second kappa shape index (κ2) is 9.98. The summed E-state index contributed by atoms with van der Waals surface area (Å²) in [7, 11) is 3.30. The molecular formula is C30H31N3O3S. The molecule has 190 valence electrons. The van der Waals surface area contributed by atoms with Crippen LogP contribution in [0.4, 0.5) is 5.69 Å². The molecule has 0 saturated carbocycles. The van der Waals surface area contributed by atoms with Gasteiger partial charge in [0.15, 0.2) is 0 Å². The van der Waals surface area contributed by atoms with E-state index in [1.54, 1.807) is 14.2 Å². The van der Waals surface area contributed by atoms with E-state index >= 15 is 0 Å². The number of methoxy groups -OCH3 is 2. The van der Waals surface area contributed by atoms with Gasteiger partial charge in [0.05, 0.1) is 24.9 Å². The van der Waals surface area contributed by atoms with E-state index in [1.165, 1.54) is 11.8 Å². The van der Waals surface area contributed by atoms with Crippen LogP contribution in [0.15, 0.2) is 88.4 Å². The highest BCUT2D eigenvalue weighted by Gasteiger charge is 2.42. The van der Waals surface area contributed by atoms with E-state index in [-0.39, 0.29) is 16.4 Å². The van der Waals surface area contributed by atoms with Crippen LogP contribution in [0.5, 0.6) is 11.5 Å². The summed E-state index contributed by atoms with van der Waals surface area (Å²) in [6.45, 7) is 5.10. The number of fused-ring (bicyclic) bond motifs is 1. The number of guanidine groups is 1. The highest BCUT2D eigenvalue weighted by Crippen LogP contribution is 2.52. The first kappa shape index (κ1) is 25.0. The summed E-state index contributed by atoms with van der Waals surface area (Å²) < 4.78 is 11.3. The first-order valence-corrected chi connectivity index (χ1v) is 13.1. The molecule has 0 amide bonds. The van der Waals surface area contributed by atoms with Crippen molar-refractivity contribution in [3.8, 4) is 11.5 Å².